The van der Waals surface area contributed by atoms with E-state index in [1.165, 1.54) is 4.73 Å². The molecule has 0 amide bonds. The van der Waals surface area contributed by atoms with Gasteiger partial charge in [-0.05, 0) is 25.5 Å². The lowest BCUT2D eigenvalue weighted by molar-refractivity contribution is -0.917. The molecule has 0 bridgehead atoms. The molecule has 1 rings (SSSR count). The first-order valence-corrected chi connectivity index (χ1v) is 5.40. The summed E-state index contributed by atoms with van der Waals surface area (Å²) in [7, 11) is 0. The molecule has 0 saturated carbocycles. The lowest BCUT2D eigenvalue weighted by Crippen LogP contribution is -2.45. The number of aromatic amines is 1. The van der Waals surface area contributed by atoms with Crippen LogP contribution in [0.4, 0.5) is 0 Å². The summed E-state index contributed by atoms with van der Waals surface area (Å²) < 4.78 is 1.31. The maximum Gasteiger partial charge on any atom is 0.299 e. The molecular weight excluding hydrogens is 188 g/mol. The summed E-state index contributed by atoms with van der Waals surface area (Å²) in [5.41, 5.74) is 1.85. The predicted octanol–water partition coefficient (Wildman–Crippen LogP) is 2.44. The van der Waals surface area contributed by atoms with Crippen LogP contribution in [0.15, 0.2) is 0 Å². The van der Waals surface area contributed by atoms with E-state index in [0.717, 1.165) is 17.2 Å². The van der Waals surface area contributed by atoms with Crippen molar-refractivity contribution in [2.75, 3.05) is 0 Å². The van der Waals surface area contributed by atoms with Gasteiger partial charge in [0, 0.05) is 12.3 Å². The van der Waals surface area contributed by atoms with Crippen molar-refractivity contribution >= 4 is 0 Å². The standard InChI is InChI=1S/C12H22N2O/c1-8-9(11(2,3)4)14(15)10(13-8)12(5,6)7/h15H,1-7H3/p+1. The second-order valence-corrected chi connectivity index (χ2v) is 6.26. The Balaban J connectivity index is 3.41. The maximum atomic E-state index is 10.2. The van der Waals surface area contributed by atoms with Crippen molar-refractivity contribution in [1.82, 2.24) is 4.98 Å². The minimum absolute atomic E-state index is 0.0567. The molecule has 2 N–H and O–H groups in total. The number of aryl methyl sites for hydroxylation is 1. The molecule has 0 fully saturated rings. The molecule has 0 aliphatic rings. The minimum atomic E-state index is -0.0803. The van der Waals surface area contributed by atoms with Gasteiger partial charge in [0.1, 0.15) is 5.69 Å². The minimum Gasteiger partial charge on any atom is -0.350 e. The highest BCUT2D eigenvalue weighted by Crippen LogP contribution is 2.25. The molecule has 0 aromatic carbocycles. The van der Waals surface area contributed by atoms with Crippen LogP contribution in [0.25, 0.3) is 0 Å². The molecule has 0 saturated heterocycles. The predicted molar refractivity (Wildman–Crippen MR) is 60.3 cm³/mol. The Labute approximate surface area is 92.1 Å². The van der Waals surface area contributed by atoms with E-state index >= 15 is 0 Å². The molecule has 0 aliphatic carbocycles. The molecule has 15 heavy (non-hydrogen) atoms. The van der Waals surface area contributed by atoms with Crippen molar-refractivity contribution < 1.29 is 9.94 Å². The van der Waals surface area contributed by atoms with Crippen LogP contribution < -0.4 is 4.73 Å². The zero-order valence-electron chi connectivity index (χ0n) is 10.9. The summed E-state index contributed by atoms with van der Waals surface area (Å²) in [6.45, 7) is 14.5. The van der Waals surface area contributed by atoms with E-state index < -0.39 is 0 Å². The van der Waals surface area contributed by atoms with Gasteiger partial charge in [-0.2, -0.15) is 0 Å². The van der Waals surface area contributed by atoms with Crippen LogP contribution in [0.3, 0.4) is 0 Å². The number of rotatable bonds is 0. The number of hydrogen-bond donors (Lipinski definition) is 2. The van der Waals surface area contributed by atoms with Crippen molar-refractivity contribution in [3.63, 3.8) is 0 Å². The summed E-state index contributed by atoms with van der Waals surface area (Å²) in [6.07, 6.45) is 0. The summed E-state index contributed by atoms with van der Waals surface area (Å²) in [5, 5.41) is 10.2. The van der Waals surface area contributed by atoms with E-state index in [0.29, 0.717) is 0 Å². The Morgan fingerprint density at radius 2 is 1.47 bits per heavy atom. The van der Waals surface area contributed by atoms with Gasteiger partial charge in [0.15, 0.2) is 5.69 Å². The van der Waals surface area contributed by atoms with Crippen molar-refractivity contribution in [1.29, 1.82) is 0 Å². The first-order valence-electron chi connectivity index (χ1n) is 5.40. The third-order valence-corrected chi connectivity index (χ3v) is 2.51. The number of nitrogens with zero attached hydrogens (tertiary/aromatic N) is 1. The number of H-pyrrole nitrogens is 1. The molecule has 0 radical (unpaired) electrons. The van der Waals surface area contributed by atoms with E-state index in [4.69, 9.17) is 0 Å². The van der Waals surface area contributed by atoms with E-state index in [1.807, 2.05) is 6.92 Å². The van der Waals surface area contributed by atoms with Crippen molar-refractivity contribution in [3.8, 4) is 0 Å². The average molecular weight is 211 g/mol. The van der Waals surface area contributed by atoms with Crippen LogP contribution in [-0.4, -0.2) is 10.2 Å². The third-order valence-electron chi connectivity index (χ3n) is 2.51. The van der Waals surface area contributed by atoms with Gasteiger partial charge in [0.25, 0.3) is 5.82 Å². The van der Waals surface area contributed by atoms with Crippen molar-refractivity contribution in [2.45, 2.75) is 59.3 Å². The molecule has 0 aliphatic heterocycles. The molecule has 0 atom stereocenters. The highest BCUT2D eigenvalue weighted by Gasteiger charge is 2.36. The van der Waals surface area contributed by atoms with Gasteiger partial charge in [-0.15, -0.1) is 0 Å². The van der Waals surface area contributed by atoms with Crippen LogP contribution in [0.5, 0.6) is 0 Å². The molecule has 0 spiro atoms. The summed E-state index contributed by atoms with van der Waals surface area (Å²) in [5.74, 6) is 0.852. The number of nitrogens with one attached hydrogen (secondary N) is 1. The number of hydrogen-bond acceptors (Lipinski definition) is 1. The van der Waals surface area contributed by atoms with Gasteiger partial charge in [-0.25, -0.2) is 4.98 Å². The lowest BCUT2D eigenvalue weighted by Gasteiger charge is -2.15. The van der Waals surface area contributed by atoms with Crippen molar-refractivity contribution in [3.05, 3.63) is 17.2 Å². The molecule has 1 aromatic heterocycles. The van der Waals surface area contributed by atoms with E-state index in [-0.39, 0.29) is 10.8 Å². The zero-order chi connectivity index (χ0) is 12.0. The average Bonchev–Trinajstić information content (AvgIpc) is 2.22. The second kappa shape index (κ2) is 3.26. The topological polar surface area (TPSA) is 39.9 Å². The fraction of sp³-hybridized carbons (Fsp3) is 0.750. The Morgan fingerprint density at radius 1 is 1.00 bits per heavy atom. The highest BCUT2D eigenvalue weighted by molar-refractivity contribution is 5.16. The number of aromatic nitrogens is 2. The molecule has 86 valence electrons. The monoisotopic (exact) mass is 211 g/mol. The van der Waals surface area contributed by atoms with Gasteiger partial charge in [0.05, 0.1) is 5.41 Å². The van der Waals surface area contributed by atoms with Crippen LogP contribution in [0.1, 0.15) is 58.8 Å². The quantitative estimate of drug-likeness (QED) is 0.502. The molecule has 3 nitrogen and oxygen atoms in total. The largest absolute Gasteiger partial charge is 0.350 e. The third kappa shape index (κ3) is 2.16. The first kappa shape index (κ1) is 12.1. The molecular formula is C12H23N2O+. The molecule has 1 aromatic rings. The van der Waals surface area contributed by atoms with Crippen LogP contribution in [0.2, 0.25) is 0 Å². The Kier molecular flexibility index (Phi) is 2.62. The van der Waals surface area contributed by atoms with Gasteiger partial charge >= 0.3 is 0 Å². The van der Waals surface area contributed by atoms with E-state index in [2.05, 4.69) is 46.5 Å². The summed E-state index contributed by atoms with van der Waals surface area (Å²) >= 11 is 0. The van der Waals surface area contributed by atoms with Crippen LogP contribution >= 0.6 is 0 Å². The molecule has 1 heterocycles. The Bertz CT molecular complexity index is 364. The lowest BCUT2D eigenvalue weighted by atomic mass is 9.91. The summed E-state index contributed by atoms with van der Waals surface area (Å²) in [6, 6.07) is 0. The van der Waals surface area contributed by atoms with Crippen molar-refractivity contribution in [2.24, 2.45) is 0 Å². The first-order chi connectivity index (χ1) is 6.55. The van der Waals surface area contributed by atoms with Gasteiger partial charge in [-0.3, -0.25) is 0 Å². The van der Waals surface area contributed by atoms with Crippen LogP contribution in [0, 0.1) is 6.92 Å². The fourth-order valence-corrected chi connectivity index (χ4v) is 1.95. The second-order valence-electron chi connectivity index (χ2n) is 6.26. The summed E-state index contributed by atoms with van der Waals surface area (Å²) in [4.78, 5) is 3.27. The maximum absolute atomic E-state index is 10.2. The van der Waals surface area contributed by atoms with Crippen LogP contribution in [-0.2, 0) is 10.8 Å². The zero-order valence-corrected chi connectivity index (χ0v) is 10.9. The Morgan fingerprint density at radius 3 is 1.67 bits per heavy atom. The van der Waals surface area contributed by atoms with Gasteiger partial charge in [0.2, 0.25) is 0 Å². The van der Waals surface area contributed by atoms with Gasteiger partial charge < -0.3 is 5.21 Å². The smallest absolute Gasteiger partial charge is 0.299 e. The highest BCUT2D eigenvalue weighted by atomic mass is 16.5. The molecule has 0 unspecified atom stereocenters. The molecule has 3 heteroatoms. The number of imidazole rings is 1. The normalized spacial score (nSPS) is 13.3. The van der Waals surface area contributed by atoms with Gasteiger partial charge in [-0.1, -0.05) is 20.8 Å². The SMILES string of the molecule is Cc1[nH]c(C(C)(C)C)[n+](O)c1C(C)(C)C. The van der Waals surface area contributed by atoms with E-state index in [9.17, 15) is 5.21 Å². The van der Waals surface area contributed by atoms with E-state index in [1.54, 1.807) is 0 Å². The Hall–Kier alpha value is -0.990. The fourth-order valence-electron chi connectivity index (χ4n) is 1.95.